The lowest BCUT2D eigenvalue weighted by molar-refractivity contribution is 0.110. The number of likely N-dealkylation sites (tertiary alicyclic amines) is 1. The second kappa shape index (κ2) is 8.52. The highest BCUT2D eigenvalue weighted by Crippen LogP contribution is 2.19. The van der Waals surface area contributed by atoms with Crippen LogP contribution in [0.25, 0.3) is 0 Å². The average Bonchev–Trinajstić information content (AvgIpc) is 2.50. The van der Waals surface area contributed by atoms with Crippen molar-refractivity contribution in [1.29, 1.82) is 0 Å². The molecular weight excluding hydrogens is 260 g/mol. The molecule has 118 valence electrons. The Morgan fingerprint density at radius 1 is 1.33 bits per heavy atom. The predicted octanol–water partition coefficient (Wildman–Crippen LogP) is 2.91. The van der Waals surface area contributed by atoms with Crippen molar-refractivity contribution in [2.24, 2.45) is 5.92 Å². The number of methoxy groups -OCH3 is 1. The van der Waals surface area contributed by atoms with Gasteiger partial charge in [0, 0.05) is 32.3 Å². The number of nitrogens with one attached hydrogen (secondary N) is 1. The van der Waals surface area contributed by atoms with E-state index in [-0.39, 0.29) is 0 Å². The molecule has 0 saturated carbocycles. The van der Waals surface area contributed by atoms with E-state index >= 15 is 0 Å². The number of piperidine rings is 1. The molecule has 1 aliphatic rings. The van der Waals surface area contributed by atoms with E-state index in [0.717, 1.165) is 19.6 Å². The van der Waals surface area contributed by atoms with Gasteiger partial charge < -0.3 is 10.1 Å². The van der Waals surface area contributed by atoms with E-state index in [1.807, 2.05) is 0 Å². The van der Waals surface area contributed by atoms with E-state index in [1.54, 1.807) is 7.11 Å². The van der Waals surface area contributed by atoms with Gasteiger partial charge in [0.05, 0.1) is 6.61 Å². The molecule has 21 heavy (non-hydrogen) atoms. The minimum Gasteiger partial charge on any atom is -0.383 e. The predicted molar refractivity (Wildman–Crippen MR) is 88.4 cm³/mol. The summed E-state index contributed by atoms with van der Waals surface area (Å²) >= 11 is 0. The van der Waals surface area contributed by atoms with E-state index in [4.69, 9.17) is 4.74 Å². The molecule has 3 heteroatoms. The van der Waals surface area contributed by atoms with Crippen molar-refractivity contribution in [3.05, 3.63) is 35.9 Å². The van der Waals surface area contributed by atoms with E-state index in [9.17, 15) is 0 Å². The molecule has 0 aliphatic carbocycles. The van der Waals surface area contributed by atoms with Gasteiger partial charge >= 0.3 is 0 Å². The van der Waals surface area contributed by atoms with Gasteiger partial charge in [-0.15, -0.1) is 0 Å². The second-order valence-electron chi connectivity index (χ2n) is 6.32. The first-order chi connectivity index (χ1) is 10.2. The van der Waals surface area contributed by atoms with Gasteiger partial charge in [-0.05, 0) is 30.9 Å². The van der Waals surface area contributed by atoms with Gasteiger partial charge in [-0.1, -0.05) is 44.2 Å². The first-order valence-electron chi connectivity index (χ1n) is 8.24. The summed E-state index contributed by atoms with van der Waals surface area (Å²) in [7, 11) is 1.79. The maximum atomic E-state index is 5.30. The Labute approximate surface area is 129 Å². The standard InChI is InChI=1S/C18H30N2O/c1-4-17(14-21-3)19-18-10-11-20(12-15(18)2)13-16-8-6-5-7-9-16/h5-9,15,17-19H,4,10-14H2,1-3H3. The van der Waals surface area contributed by atoms with Crippen LogP contribution in [0.4, 0.5) is 0 Å². The van der Waals surface area contributed by atoms with Gasteiger partial charge in [-0.2, -0.15) is 0 Å². The number of benzene rings is 1. The summed E-state index contributed by atoms with van der Waals surface area (Å²) in [5, 5.41) is 3.79. The smallest absolute Gasteiger partial charge is 0.0615 e. The van der Waals surface area contributed by atoms with Crippen molar-refractivity contribution >= 4 is 0 Å². The van der Waals surface area contributed by atoms with Crippen LogP contribution in [0, 0.1) is 5.92 Å². The first kappa shape index (κ1) is 16.5. The highest BCUT2D eigenvalue weighted by Gasteiger charge is 2.27. The molecule has 1 fully saturated rings. The van der Waals surface area contributed by atoms with Crippen LogP contribution < -0.4 is 5.32 Å². The highest BCUT2D eigenvalue weighted by molar-refractivity contribution is 5.14. The quantitative estimate of drug-likeness (QED) is 0.835. The maximum Gasteiger partial charge on any atom is 0.0615 e. The number of ether oxygens (including phenoxy) is 1. The number of hydrogen-bond acceptors (Lipinski definition) is 3. The first-order valence-corrected chi connectivity index (χ1v) is 8.24. The van der Waals surface area contributed by atoms with Crippen molar-refractivity contribution in [1.82, 2.24) is 10.2 Å². The minimum absolute atomic E-state index is 0.489. The molecule has 3 unspecified atom stereocenters. The van der Waals surface area contributed by atoms with E-state index in [1.165, 1.54) is 25.1 Å². The summed E-state index contributed by atoms with van der Waals surface area (Å²) < 4.78 is 5.30. The summed E-state index contributed by atoms with van der Waals surface area (Å²) in [6.07, 6.45) is 2.36. The summed E-state index contributed by atoms with van der Waals surface area (Å²) in [6, 6.07) is 11.9. The van der Waals surface area contributed by atoms with Crippen LogP contribution in [0.15, 0.2) is 30.3 Å². The van der Waals surface area contributed by atoms with Crippen molar-refractivity contribution in [2.45, 2.75) is 45.3 Å². The van der Waals surface area contributed by atoms with Gasteiger partial charge in [0.25, 0.3) is 0 Å². The van der Waals surface area contributed by atoms with E-state index in [0.29, 0.717) is 18.0 Å². The fourth-order valence-electron chi connectivity index (χ4n) is 3.25. The van der Waals surface area contributed by atoms with Crippen LogP contribution >= 0.6 is 0 Å². The Hall–Kier alpha value is -0.900. The minimum atomic E-state index is 0.489. The molecule has 0 amide bonds. The lowest BCUT2D eigenvalue weighted by Crippen LogP contribution is -2.51. The Kier molecular flexibility index (Phi) is 6.68. The molecule has 1 aliphatic heterocycles. The zero-order valence-corrected chi connectivity index (χ0v) is 13.7. The van der Waals surface area contributed by atoms with Crippen molar-refractivity contribution < 1.29 is 4.74 Å². The Balaban J connectivity index is 1.81. The molecule has 1 aromatic carbocycles. The van der Waals surface area contributed by atoms with Crippen LogP contribution in [-0.4, -0.2) is 43.8 Å². The topological polar surface area (TPSA) is 24.5 Å². The Bertz CT molecular complexity index is 395. The lowest BCUT2D eigenvalue weighted by atomic mass is 9.92. The Morgan fingerprint density at radius 2 is 2.10 bits per heavy atom. The van der Waals surface area contributed by atoms with Crippen LogP contribution in [0.3, 0.4) is 0 Å². The highest BCUT2D eigenvalue weighted by atomic mass is 16.5. The van der Waals surface area contributed by atoms with Gasteiger partial charge in [0.1, 0.15) is 0 Å². The van der Waals surface area contributed by atoms with Crippen molar-refractivity contribution in [3.63, 3.8) is 0 Å². The lowest BCUT2D eigenvalue weighted by Gasteiger charge is -2.39. The molecular formula is C18H30N2O. The molecule has 3 atom stereocenters. The number of rotatable bonds is 7. The summed E-state index contributed by atoms with van der Waals surface area (Å²) in [4.78, 5) is 2.58. The summed E-state index contributed by atoms with van der Waals surface area (Å²) in [5.41, 5.74) is 1.42. The van der Waals surface area contributed by atoms with E-state index < -0.39 is 0 Å². The van der Waals surface area contributed by atoms with Crippen molar-refractivity contribution in [3.8, 4) is 0 Å². The van der Waals surface area contributed by atoms with Gasteiger partial charge in [-0.3, -0.25) is 4.90 Å². The van der Waals surface area contributed by atoms with Crippen LogP contribution in [0.1, 0.15) is 32.3 Å². The molecule has 3 nitrogen and oxygen atoms in total. The molecule has 2 rings (SSSR count). The third kappa shape index (κ3) is 5.10. The monoisotopic (exact) mass is 290 g/mol. The average molecular weight is 290 g/mol. The van der Waals surface area contributed by atoms with Gasteiger partial charge in [0.15, 0.2) is 0 Å². The molecule has 0 aromatic heterocycles. The number of nitrogens with zero attached hydrogens (tertiary/aromatic N) is 1. The molecule has 1 aromatic rings. The molecule has 1 heterocycles. The van der Waals surface area contributed by atoms with Crippen LogP contribution in [-0.2, 0) is 11.3 Å². The van der Waals surface area contributed by atoms with Crippen molar-refractivity contribution in [2.75, 3.05) is 26.8 Å². The third-order valence-corrected chi connectivity index (χ3v) is 4.55. The van der Waals surface area contributed by atoms with Gasteiger partial charge in [-0.25, -0.2) is 0 Å². The van der Waals surface area contributed by atoms with Crippen LogP contribution in [0.2, 0.25) is 0 Å². The Morgan fingerprint density at radius 3 is 2.71 bits per heavy atom. The largest absolute Gasteiger partial charge is 0.383 e. The normalized spacial score (nSPS) is 24.9. The molecule has 0 spiro atoms. The summed E-state index contributed by atoms with van der Waals surface area (Å²) in [6.45, 7) is 8.84. The fourth-order valence-corrected chi connectivity index (χ4v) is 3.25. The molecule has 0 bridgehead atoms. The fraction of sp³-hybridized carbons (Fsp3) is 0.667. The molecule has 1 saturated heterocycles. The van der Waals surface area contributed by atoms with Crippen LogP contribution in [0.5, 0.6) is 0 Å². The SMILES string of the molecule is CCC(COC)NC1CCN(Cc2ccccc2)CC1C. The second-order valence-corrected chi connectivity index (χ2v) is 6.32. The zero-order chi connectivity index (χ0) is 15.1. The van der Waals surface area contributed by atoms with E-state index in [2.05, 4.69) is 54.4 Å². The number of hydrogen-bond donors (Lipinski definition) is 1. The third-order valence-electron chi connectivity index (χ3n) is 4.55. The van der Waals surface area contributed by atoms with Gasteiger partial charge in [0.2, 0.25) is 0 Å². The molecule has 0 radical (unpaired) electrons. The zero-order valence-electron chi connectivity index (χ0n) is 13.7. The molecule has 1 N–H and O–H groups in total. The summed E-state index contributed by atoms with van der Waals surface area (Å²) in [5.74, 6) is 0.688. The maximum absolute atomic E-state index is 5.30.